The van der Waals surface area contributed by atoms with Crippen molar-refractivity contribution < 1.29 is 9.53 Å². The number of hydrogen-bond acceptors (Lipinski definition) is 2. The quantitative estimate of drug-likeness (QED) is 0.755. The molecule has 1 fully saturated rings. The first kappa shape index (κ1) is 11.3. The first-order valence-electron chi connectivity index (χ1n) is 5.44. The molecule has 0 radical (unpaired) electrons. The van der Waals surface area contributed by atoms with Crippen molar-refractivity contribution in [2.75, 3.05) is 6.61 Å². The number of amides is 1. The third-order valence-electron chi connectivity index (χ3n) is 2.67. The van der Waals surface area contributed by atoms with Crippen LogP contribution in [0.4, 0.5) is 4.79 Å². The lowest BCUT2D eigenvalue weighted by Gasteiger charge is -2.09. The molecule has 1 aliphatic rings. The number of ether oxygens (including phenoxy) is 1. The SMILES string of the molecule is CC(C)NC(=O)OC[C@H]1C[C@H]1C(C)C. The van der Waals surface area contributed by atoms with Gasteiger partial charge >= 0.3 is 6.09 Å². The van der Waals surface area contributed by atoms with Crippen LogP contribution in [0.5, 0.6) is 0 Å². The molecular formula is C11H21NO2. The predicted molar refractivity (Wildman–Crippen MR) is 56.1 cm³/mol. The van der Waals surface area contributed by atoms with Crippen molar-refractivity contribution in [3.05, 3.63) is 0 Å². The molecule has 3 heteroatoms. The van der Waals surface area contributed by atoms with Gasteiger partial charge in [-0.1, -0.05) is 13.8 Å². The summed E-state index contributed by atoms with van der Waals surface area (Å²) in [4.78, 5) is 11.1. The van der Waals surface area contributed by atoms with Crippen LogP contribution < -0.4 is 5.32 Å². The number of hydrogen-bond donors (Lipinski definition) is 1. The number of alkyl carbamates (subject to hydrolysis) is 1. The van der Waals surface area contributed by atoms with Gasteiger partial charge in [0, 0.05) is 6.04 Å². The van der Waals surface area contributed by atoms with E-state index >= 15 is 0 Å². The summed E-state index contributed by atoms with van der Waals surface area (Å²) in [6.45, 7) is 8.88. The summed E-state index contributed by atoms with van der Waals surface area (Å²) in [5, 5.41) is 2.71. The average molecular weight is 199 g/mol. The highest BCUT2D eigenvalue weighted by Gasteiger charge is 2.39. The average Bonchev–Trinajstić information content (AvgIpc) is 2.78. The molecule has 14 heavy (non-hydrogen) atoms. The van der Waals surface area contributed by atoms with E-state index in [2.05, 4.69) is 19.2 Å². The van der Waals surface area contributed by atoms with Gasteiger partial charge in [0.1, 0.15) is 0 Å². The number of carbonyl (C=O) groups is 1. The van der Waals surface area contributed by atoms with Crippen LogP contribution in [-0.2, 0) is 4.74 Å². The molecule has 0 aromatic heterocycles. The molecule has 0 aromatic carbocycles. The highest BCUT2D eigenvalue weighted by Crippen LogP contribution is 2.44. The van der Waals surface area contributed by atoms with Gasteiger partial charge in [-0.2, -0.15) is 0 Å². The first-order valence-corrected chi connectivity index (χ1v) is 5.44. The van der Waals surface area contributed by atoms with Crippen LogP contribution in [0.1, 0.15) is 34.1 Å². The minimum atomic E-state index is -0.283. The summed E-state index contributed by atoms with van der Waals surface area (Å²) in [6.07, 6.45) is 0.932. The fourth-order valence-corrected chi connectivity index (χ4v) is 1.74. The topological polar surface area (TPSA) is 38.3 Å². The maximum absolute atomic E-state index is 11.1. The summed E-state index contributed by atoms with van der Waals surface area (Å²) in [5.74, 6) is 2.09. The lowest BCUT2D eigenvalue weighted by molar-refractivity contribution is 0.135. The maximum atomic E-state index is 11.1. The molecule has 1 amide bonds. The molecule has 0 unspecified atom stereocenters. The van der Waals surface area contributed by atoms with Crippen molar-refractivity contribution in [3.8, 4) is 0 Å². The van der Waals surface area contributed by atoms with E-state index in [9.17, 15) is 4.79 Å². The van der Waals surface area contributed by atoms with Crippen molar-refractivity contribution in [1.82, 2.24) is 5.32 Å². The van der Waals surface area contributed by atoms with Crippen LogP contribution in [-0.4, -0.2) is 18.7 Å². The van der Waals surface area contributed by atoms with Gasteiger partial charge in [-0.15, -0.1) is 0 Å². The van der Waals surface area contributed by atoms with E-state index in [0.29, 0.717) is 12.5 Å². The van der Waals surface area contributed by atoms with Gasteiger partial charge in [0.2, 0.25) is 0 Å². The third-order valence-corrected chi connectivity index (χ3v) is 2.67. The van der Waals surface area contributed by atoms with E-state index in [1.165, 1.54) is 6.42 Å². The number of nitrogens with one attached hydrogen (secondary N) is 1. The molecule has 0 bridgehead atoms. The van der Waals surface area contributed by atoms with Crippen molar-refractivity contribution >= 4 is 6.09 Å². The Morgan fingerprint density at radius 3 is 2.50 bits per heavy atom. The Hall–Kier alpha value is -0.730. The van der Waals surface area contributed by atoms with Crippen molar-refractivity contribution in [3.63, 3.8) is 0 Å². The van der Waals surface area contributed by atoms with Crippen LogP contribution in [0.25, 0.3) is 0 Å². The normalized spacial score (nSPS) is 25.3. The molecule has 1 aliphatic carbocycles. The molecule has 1 saturated carbocycles. The van der Waals surface area contributed by atoms with E-state index in [0.717, 1.165) is 11.8 Å². The van der Waals surface area contributed by atoms with Gasteiger partial charge in [0.05, 0.1) is 6.61 Å². The molecule has 82 valence electrons. The van der Waals surface area contributed by atoms with Crippen LogP contribution >= 0.6 is 0 Å². The molecule has 2 atom stereocenters. The number of carbonyl (C=O) groups excluding carboxylic acids is 1. The molecule has 1 N–H and O–H groups in total. The summed E-state index contributed by atoms with van der Waals surface area (Å²) < 4.78 is 5.11. The van der Waals surface area contributed by atoms with Gasteiger partial charge in [-0.3, -0.25) is 0 Å². The molecule has 0 spiro atoms. The van der Waals surface area contributed by atoms with Gasteiger partial charge in [0.15, 0.2) is 0 Å². The second kappa shape index (κ2) is 4.67. The lowest BCUT2D eigenvalue weighted by atomic mass is 10.1. The molecular weight excluding hydrogens is 178 g/mol. The van der Waals surface area contributed by atoms with Crippen LogP contribution in [0.2, 0.25) is 0 Å². The molecule has 3 nitrogen and oxygen atoms in total. The Balaban J connectivity index is 2.08. The Kier molecular flexibility index (Phi) is 3.78. The Labute approximate surface area is 86.2 Å². The minimum Gasteiger partial charge on any atom is -0.449 e. The van der Waals surface area contributed by atoms with Crippen LogP contribution in [0.3, 0.4) is 0 Å². The fourth-order valence-electron chi connectivity index (χ4n) is 1.74. The van der Waals surface area contributed by atoms with Crippen molar-refractivity contribution in [1.29, 1.82) is 0 Å². The van der Waals surface area contributed by atoms with Crippen LogP contribution in [0, 0.1) is 17.8 Å². The molecule has 1 rings (SSSR count). The smallest absolute Gasteiger partial charge is 0.407 e. The molecule has 0 aromatic rings. The van der Waals surface area contributed by atoms with Gasteiger partial charge in [-0.25, -0.2) is 4.79 Å². The zero-order valence-electron chi connectivity index (χ0n) is 9.54. The Bertz CT molecular complexity index is 201. The summed E-state index contributed by atoms with van der Waals surface area (Å²) in [6, 6.07) is 0.155. The zero-order chi connectivity index (χ0) is 10.7. The maximum Gasteiger partial charge on any atom is 0.407 e. The van der Waals surface area contributed by atoms with E-state index in [4.69, 9.17) is 4.74 Å². The van der Waals surface area contributed by atoms with E-state index in [-0.39, 0.29) is 12.1 Å². The highest BCUT2D eigenvalue weighted by molar-refractivity contribution is 5.67. The van der Waals surface area contributed by atoms with Gasteiger partial charge in [0.25, 0.3) is 0 Å². The largest absolute Gasteiger partial charge is 0.449 e. The zero-order valence-corrected chi connectivity index (χ0v) is 9.54. The monoisotopic (exact) mass is 199 g/mol. The van der Waals surface area contributed by atoms with E-state index < -0.39 is 0 Å². The van der Waals surface area contributed by atoms with E-state index in [1.54, 1.807) is 0 Å². The molecule has 0 heterocycles. The summed E-state index contributed by atoms with van der Waals surface area (Å²) in [7, 11) is 0. The molecule has 0 saturated heterocycles. The fraction of sp³-hybridized carbons (Fsp3) is 0.909. The van der Waals surface area contributed by atoms with Gasteiger partial charge in [-0.05, 0) is 38.0 Å². The molecule has 0 aliphatic heterocycles. The second-order valence-corrected chi connectivity index (χ2v) is 4.80. The van der Waals surface area contributed by atoms with Crippen LogP contribution in [0.15, 0.2) is 0 Å². The second-order valence-electron chi connectivity index (χ2n) is 4.80. The Morgan fingerprint density at radius 2 is 2.07 bits per heavy atom. The third kappa shape index (κ3) is 3.56. The van der Waals surface area contributed by atoms with Crippen molar-refractivity contribution in [2.45, 2.75) is 40.2 Å². The standard InChI is InChI=1S/C11H21NO2/c1-7(2)10-5-9(10)6-14-11(13)12-8(3)4/h7-10H,5-6H2,1-4H3,(H,12,13)/t9-,10+/m1/s1. The minimum absolute atomic E-state index is 0.155. The predicted octanol–water partition coefficient (Wildman–Crippen LogP) is 2.41. The number of rotatable bonds is 4. The Morgan fingerprint density at radius 1 is 1.43 bits per heavy atom. The van der Waals surface area contributed by atoms with Crippen molar-refractivity contribution in [2.24, 2.45) is 17.8 Å². The summed E-state index contributed by atoms with van der Waals surface area (Å²) in [5.41, 5.74) is 0. The summed E-state index contributed by atoms with van der Waals surface area (Å²) >= 11 is 0. The van der Waals surface area contributed by atoms with Gasteiger partial charge < -0.3 is 10.1 Å². The first-order chi connectivity index (χ1) is 6.50. The lowest BCUT2D eigenvalue weighted by Crippen LogP contribution is -2.31. The highest BCUT2D eigenvalue weighted by atomic mass is 16.5. The van der Waals surface area contributed by atoms with E-state index in [1.807, 2.05) is 13.8 Å².